The molecule has 0 saturated carbocycles. The molecule has 0 spiro atoms. The summed E-state index contributed by atoms with van der Waals surface area (Å²) in [5, 5.41) is 0. The molecule has 0 fully saturated rings. The van der Waals surface area contributed by atoms with Crippen LogP contribution in [0.25, 0.3) is 22.5 Å². The predicted octanol–water partition coefficient (Wildman–Crippen LogP) is 5.36. The van der Waals surface area contributed by atoms with Crippen molar-refractivity contribution in [3.8, 4) is 28.3 Å². The first kappa shape index (κ1) is 20.5. The first-order valence-electron chi connectivity index (χ1n) is 10.5. The highest BCUT2D eigenvalue weighted by atomic mass is 16.5. The van der Waals surface area contributed by atoms with Crippen LogP contribution >= 0.6 is 0 Å². The van der Waals surface area contributed by atoms with Crippen LogP contribution in [0.2, 0.25) is 0 Å². The summed E-state index contributed by atoms with van der Waals surface area (Å²) in [6.45, 7) is 0. The van der Waals surface area contributed by atoms with Gasteiger partial charge in [0.1, 0.15) is 17.1 Å². The molecule has 6 nitrogen and oxygen atoms in total. The number of hydrogen-bond donors (Lipinski definition) is 0. The molecule has 4 aromatic rings. The molecule has 0 saturated heterocycles. The lowest BCUT2D eigenvalue weighted by atomic mass is 9.94. The monoisotopic (exact) mass is 433 g/mol. The van der Waals surface area contributed by atoms with Gasteiger partial charge in [-0.05, 0) is 24.3 Å². The lowest BCUT2D eigenvalue weighted by Crippen LogP contribution is -2.30. The summed E-state index contributed by atoms with van der Waals surface area (Å²) in [6, 6.07) is 26.0. The second-order valence-electron chi connectivity index (χ2n) is 7.54. The molecule has 5 rings (SSSR count). The van der Waals surface area contributed by atoms with E-state index in [2.05, 4.69) is 15.0 Å². The predicted molar refractivity (Wildman–Crippen MR) is 126 cm³/mol. The largest absolute Gasteiger partial charge is 0.497 e. The fourth-order valence-corrected chi connectivity index (χ4v) is 3.74. The number of aromatic nitrogens is 2. The molecule has 0 unspecified atom stereocenters. The number of benzene rings is 3. The van der Waals surface area contributed by atoms with Gasteiger partial charge in [0, 0.05) is 11.1 Å². The number of rotatable bonds is 4. The molecule has 1 heterocycles. The molecule has 0 N–H and O–H groups in total. The number of aliphatic imine (C=N–C) groups is 1. The minimum atomic E-state index is -0.385. The van der Waals surface area contributed by atoms with Crippen LogP contribution in [-0.2, 0) is 0 Å². The number of ether oxygens (including phenoxy) is 1. The van der Waals surface area contributed by atoms with Crippen LogP contribution in [0, 0.1) is 0 Å². The van der Waals surface area contributed by atoms with Crippen LogP contribution in [0.3, 0.4) is 0 Å². The minimum Gasteiger partial charge on any atom is -0.497 e. The normalized spacial score (nSPS) is 14.3. The highest BCUT2D eigenvalue weighted by Crippen LogP contribution is 2.32. The number of hydrogen-bond acceptors (Lipinski definition) is 6. The van der Waals surface area contributed by atoms with Crippen molar-refractivity contribution >= 4 is 23.0 Å². The zero-order chi connectivity index (χ0) is 22.8. The number of carbonyl (C=O) groups is 2. The summed E-state index contributed by atoms with van der Waals surface area (Å²) in [5.74, 6) is 0.0213. The highest BCUT2D eigenvalue weighted by Gasteiger charge is 2.34. The molecule has 0 radical (unpaired) electrons. The summed E-state index contributed by atoms with van der Waals surface area (Å²) >= 11 is 0. The fourth-order valence-electron chi connectivity index (χ4n) is 3.74. The first-order chi connectivity index (χ1) is 16.1. The zero-order valence-corrected chi connectivity index (χ0v) is 17.9. The molecule has 1 aliphatic rings. The summed E-state index contributed by atoms with van der Waals surface area (Å²) in [5.41, 5.74) is 3.59. The number of nitrogens with zero attached hydrogens (tertiary/aromatic N) is 3. The van der Waals surface area contributed by atoms with Crippen molar-refractivity contribution in [2.75, 3.05) is 7.11 Å². The van der Waals surface area contributed by atoms with E-state index in [9.17, 15) is 9.59 Å². The van der Waals surface area contributed by atoms with E-state index < -0.39 is 0 Å². The van der Waals surface area contributed by atoms with E-state index in [-0.39, 0.29) is 35.1 Å². The van der Waals surface area contributed by atoms with Gasteiger partial charge in [0.05, 0.1) is 36.3 Å². The Morgan fingerprint density at radius 3 is 1.79 bits per heavy atom. The Balaban J connectivity index is 1.65. The van der Waals surface area contributed by atoms with Gasteiger partial charge < -0.3 is 4.74 Å². The standard InChI is InChI=1S/C27H19N3O3/c1-33-20-14-12-19(13-15-20)28-21-16-22(31)25-26(27(21)32)30-24(18-10-6-3-7-11-18)23(29-25)17-8-4-2-5-9-17/h2-15H,16H2,1H3. The fraction of sp³-hybridized carbons (Fsp3) is 0.0741. The highest BCUT2D eigenvalue weighted by molar-refractivity contribution is 6.52. The van der Waals surface area contributed by atoms with Crippen molar-refractivity contribution in [3.63, 3.8) is 0 Å². The van der Waals surface area contributed by atoms with E-state index in [0.29, 0.717) is 22.8 Å². The van der Waals surface area contributed by atoms with Crippen molar-refractivity contribution in [2.45, 2.75) is 6.42 Å². The Labute approximate surface area is 190 Å². The Hall–Kier alpha value is -4.45. The van der Waals surface area contributed by atoms with Crippen molar-refractivity contribution in [1.82, 2.24) is 9.97 Å². The second-order valence-corrected chi connectivity index (χ2v) is 7.54. The summed E-state index contributed by atoms with van der Waals surface area (Å²) in [4.78, 5) is 40.1. The van der Waals surface area contributed by atoms with E-state index in [0.717, 1.165) is 11.1 Å². The lowest BCUT2D eigenvalue weighted by Gasteiger charge is -2.18. The molecule has 0 bridgehead atoms. The Morgan fingerprint density at radius 2 is 1.24 bits per heavy atom. The SMILES string of the molecule is COc1ccc(N=C2CC(=O)c3nc(-c4ccccc4)c(-c4ccccc4)nc3C2=O)cc1. The minimum absolute atomic E-state index is 0.0389. The van der Waals surface area contributed by atoms with Gasteiger partial charge in [0.2, 0.25) is 5.78 Å². The molecule has 33 heavy (non-hydrogen) atoms. The van der Waals surface area contributed by atoms with Crippen LogP contribution in [0.1, 0.15) is 27.4 Å². The van der Waals surface area contributed by atoms with Gasteiger partial charge in [-0.2, -0.15) is 0 Å². The van der Waals surface area contributed by atoms with Gasteiger partial charge in [-0.25, -0.2) is 15.0 Å². The summed E-state index contributed by atoms with van der Waals surface area (Å²) < 4.78 is 5.16. The van der Waals surface area contributed by atoms with Gasteiger partial charge in [0.25, 0.3) is 0 Å². The van der Waals surface area contributed by atoms with E-state index in [1.165, 1.54) is 0 Å². The van der Waals surface area contributed by atoms with E-state index in [1.54, 1.807) is 31.4 Å². The number of carbonyl (C=O) groups excluding carboxylic acids is 2. The molecule has 1 aliphatic carbocycles. The Morgan fingerprint density at radius 1 is 0.697 bits per heavy atom. The van der Waals surface area contributed by atoms with Gasteiger partial charge >= 0.3 is 0 Å². The molecular weight excluding hydrogens is 414 g/mol. The average Bonchev–Trinajstić information content (AvgIpc) is 2.88. The average molecular weight is 433 g/mol. The van der Waals surface area contributed by atoms with Crippen molar-refractivity contribution < 1.29 is 14.3 Å². The van der Waals surface area contributed by atoms with E-state index >= 15 is 0 Å². The third-order valence-corrected chi connectivity index (χ3v) is 5.40. The maximum atomic E-state index is 13.3. The molecule has 3 aromatic carbocycles. The number of Topliss-reactive ketones (excluding diaryl/α,β-unsaturated/α-hetero) is 2. The van der Waals surface area contributed by atoms with Gasteiger partial charge in [0.15, 0.2) is 5.78 Å². The molecule has 0 atom stereocenters. The van der Waals surface area contributed by atoms with Crippen LogP contribution in [0.5, 0.6) is 5.75 Å². The molecule has 0 amide bonds. The van der Waals surface area contributed by atoms with Gasteiger partial charge in [-0.3, -0.25) is 9.59 Å². The third-order valence-electron chi connectivity index (χ3n) is 5.40. The first-order valence-corrected chi connectivity index (χ1v) is 10.5. The van der Waals surface area contributed by atoms with Crippen LogP contribution in [0.15, 0.2) is 89.9 Å². The maximum absolute atomic E-state index is 13.3. The Bertz CT molecular complexity index is 1380. The van der Waals surface area contributed by atoms with Crippen LogP contribution in [-0.4, -0.2) is 34.4 Å². The second kappa shape index (κ2) is 8.59. The number of ketones is 2. The Kier molecular flexibility index (Phi) is 5.32. The molecule has 6 heteroatoms. The molecule has 0 aliphatic heterocycles. The van der Waals surface area contributed by atoms with E-state index in [4.69, 9.17) is 4.74 Å². The molecular formula is C27H19N3O3. The van der Waals surface area contributed by atoms with Gasteiger partial charge in [-0.15, -0.1) is 0 Å². The third kappa shape index (κ3) is 3.94. The molecule has 160 valence electrons. The van der Waals surface area contributed by atoms with E-state index in [1.807, 2.05) is 60.7 Å². The zero-order valence-electron chi connectivity index (χ0n) is 17.9. The maximum Gasteiger partial charge on any atom is 0.228 e. The lowest BCUT2D eigenvalue weighted by molar-refractivity contribution is 0.0957. The van der Waals surface area contributed by atoms with Crippen molar-refractivity contribution in [1.29, 1.82) is 0 Å². The quantitative estimate of drug-likeness (QED) is 0.433. The van der Waals surface area contributed by atoms with Crippen molar-refractivity contribution in [2.24, 2.45) is 4.99 Å². The molecule has 1 aromatic heterocycles. The van der Waals surface area contributed by atoms with Crippen molar-refractivity contribution in [3.05, 3.63) is 96.3 Å². The van der Waals surface area contributed by atoms with Crippen LogP contribution < -0.4 is 4.74 Å². The number of fused-ring (bicyclic) bond motifs is 1. The summed E-state index contributed by atoms with van der Waals surface area (Å²) in [6.07, 6.45) is -0.120. The smallest absolute Gasteiger partial charge is 0.228 e. The van der Waals surface area contributed by atoms with Gasteiger partial charge in [-0.1, -0.05) is 60.7 Å². The summed E-state index contributed by atoms with van der Waals surface area (Å²) in [7, 11) is 1.58. The van der Waals surface area contributed by atoms with Crippen LogP contribution in [0.4, 0.5) is 5.69 Å². The topological polar surface area (TPSA) is 81.5 Å². The number of methoxy groups -OCH3 is 1.